The summed E-state index contributed by atoms with van der Waals surface area (Å²) >= 11 is 3.61. The summed E-state index contributed by atoms with van der Waals surface area (Å²) in [4.78, 5) is 12.1. The van der Waals surface area contributed by atoms with E-state index < -0.39 is 0 Å². The summed E-state index contributed by atoms with van der Waals surface area (Å²) < 4.78 is 8.05. The summed E-state index contributed by atoms with van der Waals surface area (Å²) in [7, 11) is 1.65. The minimum atomic E-state index is -0.0596. The smallest absolute Gasteiger partial charge is 0.234 e. The van der Waals surface area contributed by atoms with E-state index in [9.17, 15) is 4.79 Å². The summed E-state index contributed by atoms with van der Waals surface area (Å²) in [6, 6.07) is 5.92. The molecule has 2 aromatic rings. The maximum Gasteiger partial charge on any atom is 0.234 e. The molecule has 22 heavy (non-hydrogen) atoms. The molecule has 0 aliphatic heterocycles. The lowest BCUT2D eigenvalue weighted by Gasteiger charge is -2.09. The van der Waals surface area contributed by atoms with Crippen LogP contribution in [0.15, 0.2) is 29.7 Å². The Balaban J connectivity index is 1.89. The molecule has 1 amide bonds. The molecule has 0 atom stereocenters. The Hall–Kier alpha value is -1.13. The molecule has 2 rings (SSSR count). The molecule has 1 aromatic heterocycles. The van der Waals surface area contributed by atoms with Gasteiger partial charge in [-0.2, -0.15) is 0 Å². The number of halogens is 1. The molecule has 118 valence electrons. The number of benzene rings is 1. The summed E-state index contributed by atoms with van der Waals surface area (Å²) in [5.74, 6) is 0.229. The number of aromatic nitrogens is 3. The van der Waals surface area contributed by atoms with E-state index in [1.807, 2.05) is 29.7 Å². The molecule has 8 heteroatoms. The largest absolute Gasteiger partial charge is 0.383 e. The molecular weight excluding hydrogens is 415 g/mol. The van der Waals surface area contributed by atoms with Crippen molar-refractivity contribution in [2.75, 3.05) is 24.8 Å². The van der Waals surface area contributed by atoms with Crippen molar-refractivity contribution in [2.45, 2.75) is 18.6 Å². The van der Waals surface area contributed by atoms with Crippen molar-refractivity contribution >= 4 is 45.9 Å². The average Bonchev–Trinajstić information content (AvgIpc) is 2.93. The maximum atomic E-state index is 12.1. The SMILES string of the molecule is COCCn1cnnc1SCC(=O)Nc1ccc(I)cc1C. The van der Waals surface area contributed by atoms with Gasteiger partial charge in [0.1, 0.15) is 6.33 Å². The molecule has 1 aromatic carbocycles. The molecule has 0 fully saturated rings. The van der Waals surface area contributed by atoms with Crippen LogP contribution in [0.3, 0.4) is 0 Å². The molecule has 1 N–H and O–H groups in total. The zero-order chi connectivity index (χ0) is 15.9. The van der Waals surface area contributed by atoms with Crippen LogP contribution in [0, 0.1) is 10.5 Å². The molecule has 0 spiro atoms. The topological polar surface area (TPSA) is 69.0 Å². The highest BCUT2D eigenvalue weighted by Crippen LogP contribution is 2.19. The number of nitrogens with one attached hydrogen (secondary N) is 1. The third-order valence-corrected chi connectivity index (χ3v) is 4.56. The molecule has 0 radical (unpaired) electrons. The summed E-state index contributed by atoms with van der Waals surface area (Å²) in [5.41, 5.74) is 1.89. The molecule has 0 saturated carbocycles. The number of nitrogens with zero attached hydrogens (tertiary/aromatic N) is 3. The van der Waals surface area contributed by atoms with Gasteiger partial charge in [-0.15, -0.1) is 10.2 Å². The van der Waals surface area contributed by atoms with Gasteiger partial charge in [0.05, 0.1) is 12.4 Å². The average molecular weight is 432 g/mol. The lowest BCUT2D eigenvalue weighted by atomic mass is 10.2. The van der Waals surface area contributed by atoms with Gasteiger partial charge in [0.25, 0.3) is 0 Å². The number of carbonyl (C=O) groups is 1. The summed E-state index contributed by atoms with van der Waals surface area (Å²) in [6.07, 6.45) is 1.64. The Morgan fingerprint density at radius 1 is 1.50 bits per heavy atom. The Labute approximate surface area is 147 Å². The highest BCUT2D eigenvalue weighted by atomic mass is 127. The quantitative estimate of drug-likeness (QED) is 0.538. The van der Waals surface area contributed by atoms with Crippen LogP contribution < -0.4 is 5.32 Å². The predicted molar refractivity (Wildman–Crippen MR) is 95.1 cm³/mol. The first-order valence-corrected chi connectivity index (χ1v) is 8.72. The zero-order valence-corrected chi connectivity index (χ0v) is 15.3. The second-order valence-corrected chi connectivity index (χ2v) is 6.78. The molecule has 0 aliphatic carbocycles. The molecule has 0 saturated heterocycles. The van der Waals surface area contributed by atoms with Crippen LogP contribution in [-0.2, 0) is 16.1 Å². The number of rotatable bonds is 7. The molecule has 1 heterocycles. The number of thioether (sulfide) groups is 1. The van der Waals surface area contributed by atoms with Crippen molar-refractivity contribution < 1.29 is 9.53 Å². The lowest BCUT2D eigenvalue weighted by Crippen LogP contribution is -2.15. The van der Waals surface area contributed by atoms with Gasteiger partial charge >= 0.3 is 0 Å². The van der Waals surface area contributed by atoms with Gasteiger partial charge in [-0.1, -0.05) is 11.8 Å². The second kappa shape index (κ2) is 8.49. The van der Waals surface area contributed by atoms with Crippen LogP contribution >= 0.6 is 34.4 Å². The van der Waals surface area contributed by atoms with Gasteiger partial charge in [0.15, 0.2) is 5.16 Å². The Kier molecular flexibility index (Phi) is 6.65. The first-order valence-electron chi connectivity index (χ1n) is 6.65. The third-order valence-electron chi connectivity index (χ3n) is 2.91. The molecular formula is C14H17IN4O2S. The van der Waals surface area contributed by atoms with Crippen molar-refractivity contribution in [3.8, 4) is 0 Å². The summed E-state index contributed by atoms with van der Waals surface area (Å²) in [6.45, 7) is 3.23. The minimum Gasteiger partial charge on any atom is -0.383 e. The maximum absolute atomic E-state index is 12.1. The van der Waals surface area contributed by atoms with Crippen LogP contribution in [-0.4, -0.2) is 40.1 Å². The van der Waals surface area contributed by atoms with E-state index in [1.54, 1.807) is 13.4 Å². The van der Waals surface area contributed by atoms with Crippen LogP contribution in [0.2, 0.25) is 0 Å². The third kappa shape index (κ3) is 4.96. The van der Waals surface area contributed by atoms with E-state index in [0.717, 1.165) is 14.8 Å². The highest BCUT2D eigenvalue weighted by molar-refractivity contribution is 14.1. The highest BCUT2D eigenvalue weighted by Gasteiger charge is 2.10. The number of hydrogen-bond donors (Lipinski definition) is 1. The van der Waals surface area contributed by atoms with E-state index in [-0.39, 0.29) is 11.7 Å². The summed E-state index contributed by atoms with van der Waals surface area (Å²) in [5, 5.41) is 11.5. The van der Waals surface area contributed by atoms with Crippen molar-refractivity contribution in [3.05, 3.63) is 33.7 Å². The van der Waals surface area contributed by atoms with E-state index >= 15 is 0 Å². The van der Waals surface area contributed by atoms with E-state index in [0.29, 0.717) is 18.3 Å². The van der Waals surface area contributed by atoms with Crippen LogP contribution in [0.4, 0.5) is 5.69 Å². The standard InChI is InChI=1S/C14H17IN4O2S/c1-10-7-11(15)3-4-12(10)17-13(20)8-22-14-18-16-9-19(14)5-6-21-2/h3-4,7,9H,5-6,8H2,1-2H3,(H,17,20). The molecule has 0 bridgehead atoms. The van der Waals surface area contributed by atoms with Crippen LogP contribution in [0.5, 0.6) is 0 Å². The fourth-order valence-corrected chi connectivity index (χ4v) is 3.17. The van der Waals surface area contributed by atoms with Gasteiger partial charge in [-0.3, -0.25) is 4.79 Å². The fourth-order valence-electron chi connectivity index (χ4n) is 1.78. The van der Waals surface area contributed by atoms with Crippen molar-refractivity contribution in [3.63, 3.8) is 0 Å². The number of anilines is 1. The van der Waals surface area contributed by atoms with Crippen molar-refractivity contribution in [1.29, 1.82) is 0 Å². The van der Waals surface area contributed by atoms with Crippen LogP contribution in [0.25, 0.3) is 0 Å². The number of hydrogen-bond acceptors (Lipinski definition) is 5. The number of carbonyl (C=O) groups excluding carboxylic acids is 1. The molecule has 0 unspecified atom stereocenters. The van der Waals surface area contributed by atoms with Gasteiger partial charge < -0.3 is 14.6 Å². The number of methoxy groups -OCH3 is 1. The van der Waals surface area contributed by atoms with Crippen molar-refractivity contribution in [1.82, 2.24) is 14.8 Å². The Bertz CT molecular complexity index is 648. The van der Waals surface area contributed by atoms with E-state index in [1.165, 1.54) is 11.8 Å². The molecule has 6 nitrogen and oxygen atoms in total. The van der Waals surface area contributed by atoms with Gasteiger partial charge in [0.2, 0.25) is 5.91 Å². The van der Waals surface area contributed by atoms with Crippen molar-refractivity contribution in [2.24, 2.45) is 0 Å². The number of aryl methyl sites for hydroxylation is 1. The van der Waals surface area contributed by atoms with Gasteiger partial charge in [-0.25, -0.2) is 0 Å². The van der Waals surface area contributed by atoms with E-state index in [4.69, 9.17) is 4.74 Å². The fraction of sp³-hybridized carbons (Fsp3) is 0.357. The Morgan fingerprint density at radius 3 is 3.05 bits per heavy atom. The molecule has 0 aliphatic rings. The van der Waals surface area contributed by atoms with Gasteiger partial charge in [0, 0.05) is 22.9 Å². The first kappa shape index (κ1) is 17.2. The minimum absolute atomic E-state index is 0.0596. The second-order valence-electron chi connectivity index (χ2n) is 4.60. The lowest BCUT2D eigenvalue weighted by molar-refractivity contribution is -0.113. The predicted octanol–water partition coefficient (Wildman–Crippen LogP) is 2.57. The number of ether oxygens (including phenoxy) is 1. The van der Waals surface area contributed by atoms with Gasteiger partial charge in [-0.05, 0) is 53.3 Å². The first-order chi connectivity index (χ1) is 10.6. The monoisotopic (exact) mass is 432 g/mol. The Morgan fingerprint density at radius 2 is 2.32 bits per heavy atom. The van der Waals surface area contributed by atoms with Crippen LogP contribution in [0.1, 0.15) is 5.56 Å². The number of amides is 1. The van der Waals surface area contributed by atoms with E-state index in [2.05, 4.69) is 38.1 Å². The zero-order valence-electron chi connectivity index (χ0n) is 12.4. The normalized spacial score (nSPS) is 10.7.